The number of amides is 1. The monoisotopic (exact) mass is 475 g/mol. The van der Waals surface area contributed by atoms with E-state index in [4.69, 9.17) is 11.6 Å². The molecule has 0 N–H and O–H groups in total. The number of nitrogens with zero attached hydrogens (tertiary/aromatic N) is 5. The van der Waals surface area contributed by atoms with Gasteiger partial charge >= 0.3 is 0 Å². The maximum atomic E-state index is 12.9. The molecule has 1 saturated heterocycles. The lowest BCUT2D eigenvalue weighted by Crippen LogP contribution is -2.51. The number of anilines is 1. The third-order valence-electron chi connectivity index (χ3n) is 6.71. The minimum absolute atomic E-state index is 0.217. The summed E-state index contributed by atoms with van der Waals surface area (Å²) in [7, 11) is 0. The molecule has 1 fully saturated rings. The summed E-state index contributed by atoms with van der Waals surface area (Å²) < 4.78 is 1.93. The lowest BCUT2D eigenvalue weighted by atomic mass is 10.0. The first-order valence-electron chi connectivity index (χ1n) is 11.9. The van der Waals surface area contributed by atoms with Gasteiger partial charge in [-0.3, -0.25) is 9.69 Å². The maximum Gasteiger partial charge on any atom is 0.236 e. The third kappa shape index (κ3) is 5.18. The van der Waals surface area contributed by atoms with Gasteiger partial charge in [-0.05, 0) is 49.2 Å². The van der Waals surface area contributed by atoms with Crippen LogP contribution in [-0.2, 0) is 4.79 Å². The molecule has 34 heavy (non-hydrogen) atoms. The van der Waals surface area contributed by atoms with Crippen molar-refractivity contribution in [2.45, 2.75) is 13.3 Å². The van der Waals surface area contributed by atoms with Gasteiger partial charge in [0.15, 0.2) is 0 Å². The van der Waals surface area contributed by atoms with Gasteiger partial charge in [0.05, 0.1) is 18.4 Å². The number of aromatic nitrogens is 2. The fourth-order valence-electron chi connectivity index (χ4n) is 4.62. The van der Waals surface area contributed by atoms with Crippen molar-refractivity contribution in [3.8, 4) is 5.69 Å². The fraction of sp³-hybridized carbons (Fsp3) is 0.333. The lowest BCUT2D eigenvalue weighted by Gasteiger charge is -2.37. The average Bonchev–Trinajstić information content (AvgIpc) is 3.35. The van der Waals surface area contributed by atoms with E-state index >= 15 is 0 Å². The van der Waals surface area contributed by atoms with Crippen LogP contribution in [0.15, 0.2) is 67.0 Å². The molecule has 0 bridgehead atoms. The molecular formula is C27H30ClN5O. The minimum Gasteiger partial charge on any atom is -0.368 e. The Morgan fingerprint density at radius 3 is 2.50 bits per heavy atom. The van der Waals surface area contributed by atoms with E-state index in [1.807, 2.05) is 34.0 Å². The second-order valence-electron chi connectivity index (χ2n) is 9.07. The summed E-state index contributed by atoms with van der Waals surface area (Å²) in [5, 5.41) is 5.29. The van der Waals surface area contributed by atoms with E-state index in [-0.39, 0.29) is 5.91 Å². The van der Waals surface area contributed by atoms with E-state index < -0.39 is 0 Å². The van der Waals surface area contributed by atoms with Crippen LogP contribution in [0.1, 0.15) is 17.5 Å². The highest BCUT2D eigenvalue weighted by Gasteiger charge is 2.24. The molecule has 1 amide bonds. The molecule has 5 rings (SSSR count). The van der Waals surface area contributed by atoms with Gasteiger partial charge in [-0.15, -0.1) is 0 Å². The number of rotatable bonds is 5. The van der Waals surface area contributed by atoms with Gasteiger partial charge < -0.3 is 9.80 Å². The summed E-state index contributed by atoms with van der Waals surface area (Å²) in [4.78, 5) is 19.4. The first-order valence-corrected chi connectivity index (χ1v) is 12.2. The van der Waals surface area contributed by atoms with E-state index in [0.717, 1.165) is 67.7 Å². The predicted octanol–water partition coefficient (Wildman–Crippen LogP) is 4.27. The van der Waals surface area contributed by atoms with E-state index in [2.05, 4.69) is 64.4 Å². The maximum absolute atomic E-state index is 12.9. The van der Waals surface area contributed by atoms with Crippen LogP contribution in [-0.4, -0.2) is 71.3 Å². The topological polar surface area (TPSA) is 44.6 Å². The second-order valence-corrected chi connectivity index (χ2v) is 9.51. The van der Waals surface area contributed by atoms with E-state index in [0.29, 0.717) is 6.54 Å². The van der Waals surface area contributed by atoms with E-state index in [1.54, 1.807) is 0 Å². The highest BCUT2D eigenvalue weighted by atomic mass is 35.5. The third-order valence-corrected chi connectivity index (χ3v) is 6.94. The summed E-state index contributed by atoms with van der Waals surface area (Å²) in [6, 6.07) is 16.3. The molecule has 176 valence electrons. The first-order chi connectivity index (χ1) is 16.5. The number of carbonyl (C=O) groups excluding carboxylic acids is 1. The standard InChI is InChI=1S/C27H30ClN5O/c1-21-5-7-25(8-6-21)33-19-23(18-29-33)22-9-11-30(12-10-22)20-27(34)32-15-13-31(14-16-32)26-4-2-3-24(28)17-26/h2-9,17-19H,10-16,20H2,1H3. The molecule has 3 heterocycles. The van der Waals surface area contributed by atoms with E-state index in [1.165, 1.54) is 11.1 Å². The predicted molar refractivity (Wildman–Crippen MR) is 138 cm³/mol. The van der Waals surface area contributed by atoms with Gasteiger partial charge in [0.25, 0.3) is 0 Å². The molecule has 0 saturated carbocycles. The molecule has 2 aliphatic heterocycles. The van der Waals surface area contributed by atoms with Crippen molar-refractivity contribution in [3.05, 3.63) is 83.2 Å². The Bertz CT molecular complexity index is 1180. The van der Waals surface area contributed by atoms with Gasteiger partial charge in [0.2, 0.25) is 5.91 Å². The van der Waals surface area contributed by atoms with Crippen molar-refractivity contribution in [1.82, 2.24) is 19.6 Å². The van der Waals surface area contributed by atoms with Crippen LogP contribution in [0.4, 0.5) is 5.69 Å². The van der Waals surface area contributed by atoms with Gasteiger partial charge in [-0.1, -0.05) is 41.4 Å². The highest BCUT2D eigenvalue weighted by molar-refractivity contribution is 6.30. The fourth-order valence-corrected chi connectivity index (χ4v) is 4.81. The molecule has 7 heteroatoms. The Morgan fingerprint density at radius 1 is 1.00 bits per heavy atom. The molecule has 2 aliphatic rings. The summed E-state index contributed by atoms with van der Waals surface area (Å²) in [6.45, 7) is 7.40. The minimum atomic E-state index is 0.217. The molecule has 0 aliphatic carbocycles. The normalized spacial score (nSPS) is 17.1. The van der Waals surface area contributed by atoms with Gasteiger partial charge in [0.1, 0.15) is 0 Å². The van der Waals surface area contributed by atoms with Crippen molar-refractivity contribution < 1.29 is 4.79 Å². The molecule has 0 spiro atoms. The van der Waals surface area contributed by atoms with Gasteiger partial charge in [0, 0.05) is 61.7 Å². The molecular weight excluding hydrogens is 446 g/mol. The Labute approximate surface area is 206 Å². The van der Waals surface area contributed by atoms with Crippen LogP contribution in [0.2, 0.25) is 5.02 Å². The van der Waals surface area contributed by atoms with Gasteiger partial charge in [-0.25, -0.2) is 4.68 Å². The van der Waals surface area contributed by atoms with Crippen molar-refractivity contribution >= 4 is 28.8 Å². The van der Waals surface area contributed by atoms with Gasteiger partial charge in [-0.2, -0.15) is 5.10 Å². The Morgan fingerprint density at radius 2 is 1.79 bits per heavy atom. The molecule has 3 aromatic rings. The van der Waals surface area contributed by atoms with Crippen LogP contribution in [0.3, 0.4) is 0 Å². The zero-order chi connectivity index (χ0) is 23.5. The number of hydrogen-bond acceptors (Lipinski definition) is 4. The summed E-state index contributed by atoms with van der Waals surface area (Å²) in [5.74, 6) is 0.217. The Kier molecular flexibility index (Phi) is 6.70. The first kappa shape index (κ1) is 22.7. The summed E-state index contributed by atoms with van der Waals surface area (Å²) in [6.07, 6.45) is 7.20. The lowest BCUT2D eigenvalue weighted by molar-refractivity contribution is -0.132. The number of piperazine rings is 1. The molecule has 0 radical (unpaired) electrons. The largest absolute Gasteiger partial charge is 0.368 e. The molecule has 1 aromatic heterocycles. The molecule has 0 unspecified atom stereocenters. The SMILES string of the molecule is Cc1ccc(-n2cc(C3=CCN(CC(=O)N4CCN(c5cccc(Cl)c5)CC4)CC3)cn2)cc1. The summed E-state index contributed by atoms with van der Waals surface area (Å²) >= 11 is 6.13. The van der Waals surface area contributed by atoms with Crippen molar-refractivity contribution in [2.24, 2.45) is 0 Å². The second kappa shape index (κ2) is 10.0. The van der Waals surface area contributed by atoms with Crippen molar-refractivity contribution in [2.75, 3.05) is 50.7 Å². The zero-order valence-electron chi connectivity index (χ0n) is 19.5. The smallest absolute Gasteiger partial charge is 0.236 e. The van der Waals surface area contributed by atoms with Crippen LogP contribution < -0.4 is 4.90 Å². The van der Waals surface area contributed by atoms with E-state index in [9.17, 15) is 4.79 Å². The number of carbonyl (C=O) groups is 1. The number of halogens is 1. The van der Waals surface area contributed by atoms with Crippen LogP contribution >= 0.6 is 11.6 Å². The molecule has 2 aromatic carbocycles. The quantitative estimate of drug-likeness (QED) is 0.552. The molecule has 6 nitrogen and oxygen atoms in total. The number of aryl methyl sites for hydroxylation is 1. The van der Waals surface area contributed by atoms with Crippen molar-refractivity contribution in [3.63, 3.8) is 0 Å². The number of hydrogen-bond donors (Lipinski definition) is 0. The van der Waals surface area contributed by atoms with Crippen LogP contribution in [0.5, 0.6) is 0 Å². The zero-order valence-corrected chi connectivity index (χ0v) is 20.3. The Hall–Kier alpha value is -3.09. The van der Waals surface area contributed by atoms with Crippen LogP contribution in [0.25, 0.3) is 11.3 Å². The summed E-state index contributed by atoms with van der Waals surface area (Å²) in [5.41, 5.74) is 5.89. The molecule has 0 atom stereocenters. The van der Waals surface area contributed by atoms with Crippen molar-refractivity contribution in [1.29, 1.82) is 0 Å². The highest BCUT2D eigenvalue weighted by Crippen LogP contribution is 2.24. The number of benzene rings is 2. The van der Waals surface area contributed by atoms with Crippen LogP contribution in [0, 0.1) is 6.92 Å². The average molecular weight is 476 g/mol. The Balaban J connectivity index is 1.12.